The number of thiophene rings is 1. The number of carbonyl (C=O) groups excluding carboxylic acids is 2. The van der Waals surface area contributed by atoms with E-state index in [9.17, 15) is 9.59 Å². The Morgan fingerprint density at radius 2 is 1.64 bits per heavy atom. The molecule has 2 aliphatic rings. The second-order valence-corrected chi connectivity index (χ2v) is 8.57. The van der Waals surface area contributed by atoms with Crippen molar-refractivity contribution >= 4 is 34.5 Å². The molecule has 5 nitrogen and oxygen atoms in total. The van der Waals surface area contributed by atoms with Crippen molar-refractivity contribution in [3.63, 3.8) is 0 Å². The van der Waals surface area contributed by atoms with E-state index in [4.69, 9.17) is 0 Å². The number of hydrogen-bond acceptors (Lipinski definition) is 4. The number of nitrogens with one attached hydrogen (secondary N) is 1. The Morgan fingerprint density at radius 3 is 2.29 bits per heavy atom. The molecule has 1 aliphatic heterocycles. The number of nitrogens with zero attached hydrogens (tertiary/aromatic N) is 2. The Balaban J connectivity index is 1.29. The smallest absolute Gasteiger partial charge is 0.265 e. The summed E-state index contributed by atoms with van der Waals surface area (Å²) in [5, 5.41) is 4.83. The van der Waals surface area contributed by atoms with Crippen molar-refractivity contribution < 1.29 is 9.59 Å². The lowest BCUT2D eigenvalue weighted by Crippen LogP contribution is -2.50. The van der Waals surface area contributed by atoms with E-state index in [-0.39, 0.29) is 11.8 Å². The third-order valence-corrected chi connectivity index (χ3v) is 6.65. The van der Waals surface area contributed by atoms with Crippen molar-refractivity contribution in [2.45, 2.75) is 32.1 Å². The number of benzene rings is 1. The van der Waals surface area contributed by atoms with Crippen LogP contribution < -0.4 is 10.2 Å². The fourth-order valence-corrected chi connectivity index (χ4v) is 4.77. The Morgan fingerprint density at radius 1 is 0.929 bits per heavy atom. The second kappa shape index (κ2) is 8.78. The van der Waals surface area contributed by atoms with Gasteiger partial charge in [0.15, 0.2) is 0 Å². The minimum absolute atomic E-state index is 0.0717. The van der Waals surface area contributed by atoms with E-state index < -0.39 is 0 Å². The zero-order valence-corrected chi connectivity index (χ0v) is 16.9. The van der Waals surface area contributed by atoms with Crippen molar-refractivity contribution in [1.29, 1.82) is 0 Å². The lowest BCUT2D eigenvalue weighted by atomic mass is 9.88. The van der Waals surface area contributed by atoms with Crippen LogP contribution in [0.4, 0.5) is 11.4 Å². The molecule has 2 amide bonds. The topological polar surface area (TPSA) is 52.7 Å². The molecule has 0 atom stereocenters. The number of carbonyl (C=O) groups is 2. The van der Waals surface area contributed by atoms with Crippen LogP contribution >= 0.6 is 11.3 Å². The fourth-order valence-electron chi connectivity index (χ4n) is 4.15. The van der Waals surface area contributed by atoms with Crippen molar-refractivity contribution in [1.82, 2.24) is 4.90 Å². The quantitative estimate of drug-likeness (QED) is 0.840. The first-order chi connectivity index (χ1) is 13.7. The number of hydrogen-bond donors (Lipinski definition) is 1. The van der Waals surface area contributed by atoms with Gasteiger partial charge in [0.25, 0.3) is 5.91 Å². The zero-order chi connectivity index (χ0) is 19.3. The van der Waals surface area contributed by atoms with E-state index in [1.807, 2.05) is 41.8 Å². The van der Waals surface area contributed by atoms with Gasteiger partial charge >= 0.3 is 0 Å². The van der Waals surface area contributed by atoms with E-state index >= 15 is 0 Å². The predicted octanol–water partition coefficient (Wildman–Crippen LogP) is 4.23. The van der Waals surface area contributed by atoms with E-state index in [2.05, 4.69) is 15.1 Å². The van der Waals surface area contributed by atoms with Gasteiger partial charge in [-0.15, -0.1) is 11.3 Å². The van der Waals surface area contributed by atoms with Crippen molar-refractivity contribution in [2.24, 2.45) is 5.92 Å². The standard InChI is InChI=1S/C22H27N3O2S/c26-21(20-7-4-16-28-20)23-18-8-10-19(11-9-18)24-12-14-25(15-13-24)22(27)17-5-2-1-3-6-17/h4,7-11,16-17H,1-3,5-6,12-15H2,(H,23,26). The van der Waals surface area contributed by atoms with Crippen molar-refractivity contribution in [3.05, 3.63) is 46.7 Å². The molecule has 1 N–H and O–H groups in total. The molecule has 6 heteroatoms. The molecule has 0 bridgehead atoms. The number of rotatable bonds is 4. The van der Waals surface area contributed by atoms with Gasteiger partial charge in [0.2, 0.25) is 5.91 Å². The largest absolute Gasteiger partial charge is 0.368 e. The summed E-state index contributed by atoms with van der Waals surface area (Å²) in [5.41, 5.74) is 1.94. The van der Waals surface area contributed by atoms with Gasteiger partial charge in [-0.25, -0.2) is 0 Å². The molecule has 2 aromatic rings. The highest BCUT2D eigenvalue weighted by molar-refractivity contribution is 7.12. The van der Waals surface area contributed by atoms with Gasteiger partial charge in [0.1, 0.15) is 0 Å². The monoisotopic (exact) mass is 397 g/mol. The molecule has 4 rings (SSSR count). The van der Waals surface area contributed by atoms with Crippen LogP contribution in [0.15, 0.2) is 41.8 Å². The Kier molecular flexibility index (Phi) is 5.95. The Hall–Kier alpha value is -2.34. The number of anilines is 2. The molecule has 1 saturated carbocycles. The fraction of sp³-hybridized carbons (Fsp3) is 0.455. The summed E-state index contributed by atoms with van der Waals surface area (Å²) in [4.78, 5) is 29.9. The molecule has 0 unspecified atom stereocenters. The van der Waals surface area contributed by atoms with E-state index in [0.717, 1.165) is 50.4 Å². The van der Waals surface area contributed by atoms with Crippen LogP contribution in [0.25, 0.3) is 0 Å². The Bertz CT molecular complexity index is 790. The SMILES string of the molecule is O=C(Nc1ccc(N2CCN(C(=O)C3CCCCC3)CC2)cc1)c1cccs1. The lowest BCUT2D eigenvalue weighted by molar-refractivity contribution is -0.136. The molecule has 1 aromatic carbocycles. The van der Waals surface area contributed by atoms with Gasteiger partial charge in [-0.05, 0) is 48.6 Å². The van der Waals surface area contributed by atoms with Crippen LogP contribution in [0, 0.1) is 5.92 Å². The third-order valence-electron chi connectivity index (χ3n) is 5.78. The molecule has 1 aromatic heterocycles. The highest BCUT2D eigenvalue weighted by Gasteiger charge is 2.28. The molecule has 28 heavy (non-hydrogen) atoms. The van der Waals surface area contributed by atoms with Gasteiger partial charge in [0.05, 0.1) is 4.88 Å². The van der Waals surface area contributed by atoms with Crippen molar-refractivity contribution in [2.75, 3.05) is 36.4 Å². The van der Waals surface area contributed by atoms with E-state index in [0.29, 0.717) is 10.8 Å². The summed E-state index contributed by atoms with van der Waals surface area (Å²) in [7, 11) is 0. The second-order valence-electron chi connectivity index (χ2n) is 7.63. The molecule has 1 saturated heterocycles. The maximum absolute atomic E-state index is 12.7. The lowest BCUT2D eigenvalue weighted by Gasteiger charge is -2.38. The Labute approximate surface area is 170 Å². The maximum Gasteiger partial charge on any atom is 0.265 e. The van der Waals surface area contributed by atoms with Crippen molar-refractivity contribution in [3.8, 4) is 0 Å². The average molecular weight is 398 g/mol. The molecular formula is C22H27N3O2S. The number of piperazine rings is 1. The van der Waals surface area contributed by atoms with Gasteiger partial charge in [0, 0.05) is 43.5 Å². The summed E-state index contributed by atoms with van der Waals surface area (Å²) in [6.07, 6.45) is 5.81. The van der Waals surface area contributed by atoms with E-state index in [1.165, 1.54) is 30.6 Å². The van der Waals surface area contributed by atoms with Gasteiger partial charge in [-0.2, -0.15) is 0 Å². The average Bonchev–Trinajstić information content (AvgIpc) is 3.30. The van der Waals surface area contributed by atoms with E-state index in [1.54, 1.807) is 0 Å². The summed E-state index contributed by atoms with van der Waals surface area (Å²) < 4.78 is 0. The summed E-state index contributed by atoms with van der Waals surface area (Å²) in [6, 6.07) is 11.7. The first-order valence-electron chi connectivity index (χ1n) is 10.2. The predicted molar refractivity (Wildman–Crippen MR) is 114 cm³/mol. The molecule has 148 valence electrons. The first kappa shape index (κ1) is 19.0. The summed E-state index contributed by atoms with van der Waals surface area (Å²) in [5.74, 6) is 0.551. The minimum atomic E-state index is -0.0717. The normalized spacial score (nSPS) is 18.1. The number of amides is 2. The zero-order valence-electron chi connectivity index (χ0n) is 16.1. The first-order valence-corrected chi connectivity index (χ1v) is 11.1. The highest BCUT2D eigenvalue weighted by atomic mass is 32.1. The van der Waals surface area contributed by atoms with Crippen LogP contribution in [0.2, 0.25) is 0 Å². The van der Waals surface area contributed by atoms with Crippen LogP contribution in [-0.2, 0) is 4.79 Å². The molecule has 1 aliphatic carbocycles. The molecule has 0 radical (unpaired) electrons. The third kappa shape index (κ3) is 4.38. The molecule has 2 heterocycles. The molecular weight excluding hydrogens is 370 g/mol. The van der Waals surface area contributed by atoms with Crippen LogP contribution in [0.1, 0.15) is 41.8 Å². The molecule has 0 spiro atoms. The van der Waals surface area contributed by atoms with Crippen LogP contribution in [0.3, 0.4) is 0 Å². The van der Waals surface area contributed by atoms with Gasteiger partial charge < -0.3 is 15.1 Å². The van der Waals surface area contributed by atoms with Crippen LogP contribution in [0.5, 0.6) is 0 Å². The van der Waals surface area contributed by atoms with Gasteiger partial charge in [-0.3, -0.25) is 9.59 Å². The van der Waals surface area contributed by atoms with Gasteiger partial charge in [-0.1, -0.05) is 25.3 Å². The molecule has 2 fully saturated rings. The minimum Gasteiger partial charge on any atom is -0.368 e. The maximum atomic E-state index is 12.7. The van der Waals surface area contributed by atoms with Crippen LogP contribution in [-0.4, -0.2) is 42.9 Å². The summed E-state index contributed by atoms with van der Waals surface area (Å²) >= 11 is 1.44. The highest BCUT2D eigenvalue weighted by Crippen LogP contribution is 2.27. The summed E-state index contributed by atoms with van der Waals surface area (Å²) in [6.45, 7) is 3.32.